The number of nitrogens with zero attached hydrogens (tertiary/aromatic N) is 1. The van der Waals surface area contributed by atoms with E-state index in [1.807, 2.05) is 49.4 Å². The molecule has 0 spiro atoms. The number of amides is 2. The maximum Gasteiger partial charge on any atom is 0.261 e. The van der Waals surface area contributed by atoms with Crippen molar-refractivity contribution in [3.05, 3.63) is 99.5 Å². The van der Waals surface area contributed by atoms with Crippen LogP contribution < -0.4 is 10.1 Å². The van der Waals surface area contributed by atoms with E-state index in [0.717, 1.165) is 42.4 Å². The summed E-state index contributed by atoms with van der Waals surface area (Å²) >= 11 is 12.2. The van der Waals surface area contributed by atoms with Crippen molar-refractivity contribution in [3.63, 3.8) is 0 Å². The molecule has 2 amide bonds. The van der Waals surface area contributed by atoms with E-state index in [2.05, 4.69) is 5.32 Å². The Kier molecular flexibility index (Phi) is 9.48. The largest absolute Gasteiger partial charge is 0.484 e. The van der Waals surface area contributed by atoms with Crippen LogP contribution in [0.1, 0.15) is 42.4 Å². The highest BCUT2D eigenvalue weighted by atomic mass is 35.5. The molecule has 0 saturated heterocycles. The summed E-state index contributed by atoms with van der Waals surface area (Å²) in [6, 6.07) is 21.8. The summed E-state index contributed by atoms with van der Waals surface area (Å²) in [5.74, 6) is 0.141. The first-order chi connectivity index (χ1) is 17.9. The zero-order chi connectivity index (χ0) is 26.2. The molecule has 4 rings (SSSR count). The molecular weight excluding hydrogens is 507 g/mol. The summed E-state index contributed by atoms with van der Waals surface area (Å²) < 4.78 is 5.85. The van der Waals surface area contributed by atoms with Gasteiger partial charge in [-0.3, -0.25) is 9.59 Å². The number of nitrogens with one attached hydrogen (secondary N) is 1. The molecule has 0 bridgehead atoms. The minimum Gasteiger partial charge on any atom is -0.484 e. The van der Waals surface area contributed by atoms with E-state index in [9.17, 15) is 9.59 Å². The Morgan fingerprint density at radius 1 is 0.973 bits per heavy atom. The second-order valence-electron chi connectivity index (χ2n) is 9.54. The predicted octanol–water partition coefficient (Wildman–Crippen LogP) is 6.38. The van der Waals surface area contributed by atoms with E-state index in [4.69, 9.17) is 27.9 Å². The number of ether oxygens (including phenoxy) is 1. The molecule has 7 heteroatoms. The minimum absolute atomic E-state index is 0.139. The van der Waals surface area contributed by atoms with Crippen LogP contribution in [0.2, 0.25) is 10.0 Å². The minimum atomic E-state index is -0.693. The van der Waals surface area contributed by atoms with Gasteiger partial charge in [0, 0.05) is 29.1 Å². The van der Waals surface area contributed by atoms with E-state index >= 15 is 0 Å². The van der Waals surface area contributed by atoms with Gasteiger partial charge in [-0.25, -0.2) is 0 Å². The standard InChI is InChI=1S/C30H32Cl2N2O3/c1-21-17-26(15-16-27(21)32)37-20-29(35)34(19-23-11-13-24(31)14-12-23)28(18-22-7-3-2-4-8-22)30(36)33-25-9-5-6-10-25/h2-4,7-8,11-17,25,28H,5-6,9-10,18-20H2,1H3,(H,33,36)/t28-/m0/s1. The highest BCUT2D eigenvalue weighted by Gasteiger charge is 2.32. The highest BCUT2D eigenvalue weighted by molar-refractivity contribution is 6.31. The first-order valence-electron chi connectivity index (χ1n) is 12.7. The molecule has 1 N–H and O–H groups in total. The number of hydrogen-bond acceptors (Lipinski definition) is 3. The van der Waals surface area contributed by atoms with Gasteiger partial charge in [0.15, 0.2) is 6.61 Å². The van der Waals surface area contributed by atoms with Gasteiger partial charge in [-0.1, -0.05) is 78.5 Å². The summed E-state index contributed by atoms with van der Waals surface area (Å²) in [4.78, 5) is 29.0. The first kappa shape index (κ1) is 27.0. The van der Waals surface area contributed by atoms with Gasteiger partial charge in [0.25, 0.3) is 5.91 Å². The van der Waals surface area contributed by atoms with Crippen LogP contribution in [-0.2, 0) is 22.6 Å². The summed E-state index contributed by atoms with van der Waals surface area (Å²) in [6.45, 7) is 1.94. The molecule has 0 aliphatic heterocycles. The Morgan fingerprint density at radius 3 is 2.35 bits per heavy atom. The van der Waals surface area contributed by atoms with Crippen molar-refractivity contribution in [2.24, 2.45) is 0 Å². The molecule has 3 aromatic carbocycles. The summed E-state index contributed by atoms with van der Waals surface area (Å²) in [5, 5.41) is 4.46. The van der Waals surface area contributed by atoms with Gasteiger partial charge >= 0.3 is 0 Å². The number of rotatable bonds is 10. The normalized spacial score (nSPS) is 14.2. The van der Waals surface area contributed by atoms with Gasteiger partial charge < -0.3 is 15.0 Å². The lowest BCUT2D eigenvalue weighted by atomic mass is 10.0. The molecule has 1 aliphatic rings. The molecule has 0 unspecified atom stereocenters. The van der Waals surface area contributed by atoms with E-state index in [-0.39, 0.29) is 31.0 Å². The lowest BCUT2D eigenvalue weighted by molar-refractivity contribution is -0.143. The lowest BCUT2D eigenvalue weighted by Gasteiger charge is -2.32. The number of benzene rings is 3. The van der Waals surface area contributed by atoms with E-state index in [1.165, 1.54) is 0 Å². The van der Waals surface area contributed by atoms with Crippen LogP contribution in [0.25, 0.3) is 0 Å². The smallest absolute Gasteiger partial charge is 0.261 e. The van der Waals surface area contributed by atoms with Crippen LogP contribution in [-0.4, -0.2) is 35.4 Å². The Balaban J connectivity index is 1.60. The Bertz CT molecular complexity index is 1200. The van der Waals surface area contributed by atoms with Gasteiger partial charge in [-0.15, -0.1) is 0 Å². The monoisotopic (exact) mass is 538 g/mol. The van der Waals surface area contributed by atoms with E-state index in [0.29, 0.717) is 22.2 Å². The molecule has 37 heavy (non-hydrogen) atoms. The number of carbonyl (C=O) groups excluding carboxylic acids is 2. The zero-order valence-corrected chi connectivity index (χ0v) is 22.5. The van der Waals surface area contributed by atoms with Crippen LogP contribution in [0.3, 0.4) is 0 Å². The fourth-order valence-corrected chi connectivity index (χ4v) is 4.89. The van der Waals surface area contributed by atoms with E-state index in [1.54, 1.807) is 35.2 Å². The predicted molar refractivity (Wildman–Crippen MR) is 148 cm³/mol. The third kappa shape index (κ3) is 7.73. The number of carbonyl (C=O) groups is 2. The van der Waals surface area contributed by atoms with Crippen molar-refractivity contribution >= 4 is 35.0 Å². The molecule has 194 valence electrons. The topological polar surface area (TPSA) is 58.6 Å². The number of halogens is 2. The molecule has 0 radical (unpaired) electrons. The van der Waals surface area contributed by atoms with Crippen molar-refractivity contribution in [1.82, 2.24) is 10.2 Å². The maximum absolute atomic E-state index is 13.7. The third-order valence-electron chi connectivity index (χ3n) is 6.73. The van der Waals surface area contributed by atoms with Crippen LogP contribution in [0.4, 0.5) is 0 Å². The summed E-state index contributed by atoms with van der Waals surface area (Å²) in [7, 11) is 0. The average molecular weight is 540 g/mol. The van der Waals surface area contributed by atoms with Crippen LogP contribution in [0.15, 0.2) is 72.8 Å². The molecule has 1 atom stereocenters. The highest BCUT2D eigenvalue weighted by Crippen LogP contribution is 2.23. The molecular formula is C30H32Cl2N2O3. The van der Waals surface area contributed by atoms with Gasteiger partial charge in [0.05, 0.1) is 0 Å². The molecule has 1 saturated carbocycles. The van der Waals surface area contributed by atoms with E-state index < -0.39 is 6.04 Å². The zero-order valence-electron chi connectivity index (χ0n) is 21.0. The molecule has 5 nitrogen and oxygen atoms in total. The molecule has 3 aromatic rings. The van der Waals surface area contributed by atoms with Gasteiger partial charge in [-0.05, 0) is 66.8 Å². The molecule has 0 heterocycles. The second-order valence-corrected chi connectivity index (χ2v) is 10.4. The van der Waals surface area contributed by atoms with Crippen molar-refractivity contribution in [3.8, 4) is 5.75 Å². The SMILES string of the molecule is Cc1cc(OCC(=O)N(Cc2ccc(Cl)cc2)[C@@H](Cc2ccccc2)C(=O)NC2CCCC2)ccc1Cl. The number of aryl methyl sites for hydroxylation is 1. The lowest BCUT2D eigenvalue weighted by Crippen LogP contribution is -2.53. The maximum atomic E-state index is 13.7. The summed E-state index contributed by atoms with van der Waals surface area (Å²) in [6.07, 6.45) is 4.55. The van der Waals surface area contributed by atoms with Crippen molar-refractivity contribution in [2.75, 3.05) is 6.61 Å². The van der Waals surface area contributed by atoms with Crippen molar-refractivity contribution < 1.29 is 14.3 Å². The fourth-order valence-electron chi connectivity index (χ4n) is 4.64. The fraction of sp³-hybridized carbons (Fsp3) is 0.333. The Hall–Kier alpha value is -3.02. The third-order valence-corrected chi connectivity index (χ3v) is 7.41. The first-order valence-corrected chi connectivity index (χ1v) is 13.4. The van der Waals surface area contributed by atoms with Gasteiger partial charge in [-0.2, -0.15) is 0 Å². The summed E-state index contributed by atoms with van der Waals surface area (Å²) in [5.41, 5.74) is 2.73. The van der Waals surface area contributed by atoms with Crippen LogP contribution in [0.5, 0.6) is 5.75 Å². The molecule has 0 aromatic heterocycles. The Morgan fingerprint density at radius 2 is 1.68 bits per heavy atom. The number of hydrogen-bond donors (Lipinski definition) is 1. The van der Waals surface area contributed by atoms with Crippen molar-refractivity contribution in [1.29, 1.82) is 0 Å². The van der Waals surface area contributed by atoms with Crippen molar-refractivity contribution in [2.45, 2.75) is 57.7 Å². The molecule has 1 aliphatic carbocycles. The molecule has 1 fully saturated rings. The quantitative estimate of drug-likeness (QED) is 0.325. The van der Waals surface area contributed by atoms with Gasteiger partial charge in [0.1, 0.15) is 11.8 Å². The second kappa shape index (κ2) is 13.0. The Labute approximate surface area is 228 Å². The van der Waals surface area contributed by atoms with Crippen LogP contribution in [0, 0.1) is 6.92 Å². The van der Waals surface area contributed by atoms with Gasteiger partial charge in [0.2, 0.25) is 5.91 Å². The average Bonchev–Trinajstić information content (AvgIpc) is 3.41. The van der Waals surface area contributed by atoms with Crippen LogP contribution >= 0.6 is 23.2 Å².